The van der Waals surface area contributed by atoms with Crippen molar-refractivity contribution < 1.29 is 14.2 Å². The molecule has 0 radical (unpaired) electrons. The largest absolute Gasteiger partial charge is 0.370 e. The van der Waals surface area contributed by atoms with Gasteiger partial charge in [-0.3, -0.25) is 0 Å². The van der Waals surface area contributed by atoms with E-state index in [2.05, 4.69) is 31.2 Å². The first-order chi connectivity index (χ1) is 11.4. The molecule has 1 aromatic rings. The quantitative estimate of drug-likeness (QED) is 0.415. The van der Waals surface area contributed by atoms with Crippen LogP contribution in [0.5, 0.6) is 0 Å². The van der Waals surface area contributed by atoms with E-state index in [0.717, 1.165) is 19.6 Å². The van der Waals surface area contributed by atoms with E-state index >= 15 is 0 Å². The maximum atomic E-state index is 6.46. The second kappa shape index (κ2) is 8.81. The second-order valence-electron chi connectivity index (χ2n) is 6.81. The Morgan fingerprint density at radius 1 is 0.957 bits per heavy atom. The Labute approximate surface area is 140 Å². The van der Waals surface area contributed by atoms with Crippen molar-refractivity contribution in [3.05, 3.63) is 35.9 Å². The fraction of sp³-hybridized carbons (Fsp3) is 0.700. The molecule has 2 fully saturated rings. The van der Waals surface area contributed by atoms with Gasteiger partial charge in [0.2, 0.25) is 0 Å². The Morgan fingerprint density at radius 3 is 2.26 bits per heavy atom. The van der Waals surface area contributed by atoms with Crippen molar-refractivity contribution in [3.63, 3.8) is 0 Å². The highest BCUT2D eigenvalue weighted by Gasteiger charge is 2.40. The third-order valence-electron chi connectivity index (χ3n) is 4.76. The van der Waals surface area contributed by atoms with Crippen LogP contribution >= 0.6 is 0 Å². The number of unbranched alkanes of at least 4 members (excludes halogenated alkanes) is 5. The van der Waals surface area contributed by atoms with Gasteiger partial charge in [0.05, 0.1) is 19.3 Å². The standard InChI is InChI=1S/C20H30O3/c1-2-3-4-5-6-10-13-17(18-14-21-18)23-20(19-15-22-19)16-11-8-7-9-12-16/h7-9,11-12,17-20H,2-6,10,13-15H2,1H3. The number of hydrogen-bond acceptors (Lipinski definition) is 3. The van der Waals surface area contributed by atoms with Gasteiger partial charge in [0.25, 0.3) is 0 Å². The van der Waals surface area contributed by atoms with Gasteiger partial charge in [-0.15, -0.1) is 0 Å². The van der Waals surface area contributed by atoms with Gasteiger partial charge in [-0.05, 0) is 12.0 Å². The van der Waals surface area contributed by atoms with Crippen LogP contribution in [0.3, 0.4) is 0 Å². The molecule has 2 saturated heterocycles. The number of rotatable bonds is 12. The Hall–Kier alpha value is -0.900. The van der Waals surface area contributed by atoms with Gasteiger partial charge in [-0.1, -0.05) is 75.8 Å². The molecule has 0 aromatic heterocycles. The lowest BCUT2D eigenvalue weighted by Crippen LogP contribution is -2.25. The van der Waals surface area contributed by atoms with Crippen molar-refractivity contribution in [2.45, 2.75) is 76.3 Å². The third kappa shape index (κ3) is 5.59. The molecule has 0 N–H and O–H groups in total. The predicted molar refractivity (Wildman–Crippen MR) is 91.5 cm³/mol. The van der Waals surface area contributed by atoms with Gasteiger partial charge in [-0.25, -0.2) is 0 Å². The van der Waals surface area contributed by atoms with Gasteiger partial charge in [-0.2, -0.15) is 0 Å². The van der Waals surface area contributed by atoms with Gasteiger partial charge in [0, 0.05) is 0 Å². The summed E-state index contributed by atoms with van der Waals surface area (Å²) in [6, 6.07) is 10.5. The molecule has 0 amide bonds. The molecule has 3 nitrogen and oxygen atoms in total. The van der Waals surface area contributed by atoms with E-state index in [4.69, 9.17) is 14.2 Å². The first-order valence-electron chi connectivity index (χ1n) is 9.32. The van der Waals surface area contributed by atoms with Crippen LogP contribution in [0.4, 0.5) is 0 Å². The molecule has 1 aromatic carbocycles. The fourth-order valence-electron chi connectivity index (χ4n) is 3.18. The molecule has 4 atom stereocenters. The minimum Gasteiger partial charge on any atom is -0.370 e. The minimum atomic E-state index is 0.0606. The van der Waals surface area contributed by atoms with E-state index in [1.165, 1.54) is 44.1 Å². The van der Waals surface area contributed by atoms with Crippen LogP contribution in [0.15, 0.2) is 30.3 Å². The molecule has 0 aliphatic carbocycles. The van der Waals surface area contributed by atoms with Crippen molar-refractivity contribution in [1.82, 2.24) is 0 Å². The highest BCUT2D eigenvalue weighted by Crippen LogP contribution is 2.35. The molecular formula is C20H30O3. The van der Waals surface area contributed by atoms with Crippen LogP contribution in [0, 0.1) is 0 Å². The lowest BCUT2D eigenvalue weighted by molar-refractivity contribution is -0.0444. The van der Waals surface area contributed by atoms with Crippen molar-refractivity contribution in [2.75, 3.05) is 13.2 Å². The van der Waals surface area contributed by atoms with Crippen LogP contribution in [-0.4, -0.2) is 31.5 Å². The highest BCUT2D eigenvalue weighted by atomic mass is 16.6. The summed E-state index contributed by atoms with van der Waals surface area (Å²) in [5.41, 5.74) is 1.23. The Morgan fingerprint density at radius 2 is 1.61 bits per heavy atom. The van der Waals surface area contributed by atoms with Crippen molar-refractivity contribution in [1.29, 1.82) is 0 Å². The molecule has 23 heavy (non-hydrogen) atoms. The van der Waals surface area contributed by atoms with Gasteiger partial charge in [0.15, 0.2) is 0 Å². The summed E-state index contributed by atoms with van der Waals surface area (Å²) in [6.07, 6.45) is 9.84. The second-order valence-corrected chi connectivity index (χ2v) is 6.81. The van der Waals surface area contributed by atoms with Crippen LogP contribution in [-0.2, 0) is 14.2 Å². The van der Waals surface area contributed by atoms with E-state index in [0.29, 0.717) is 6.10 Å². The molecule has 3 heteroatoms. The lowest BCUT2D eigenvalue weighted by atomic mass is 10.0. The zero-order valence-electron chi connectivity index (χ0n) is 14.3. The molecule has 0 saturated carbocycles. The molecular weight excluding hydrogens is 288 g/mol. The maximum Gasteiger partial charge on any atom is 0.111 e. The third-order valence-corrected chi connectivity index (χ3v) is 4.76. The van der Waals surface area contributed by atoms with Gasteiger partial charge < -0.3 is 14.2 Å². The summed E-state index contributed by atoms with van der Waals surface area (Å²) in [5, 5.41) is 0. The maximum absolute atomic E-state index is 6.46. The number of benzene rings is 1. The van der Waals surface area contributed by atoms with Crippen LogP contribution in [0.1, 0.15) is 63.5 Å². The van der Waals surface area contributed by atoms with E-state index in [9.17, 15) is 0 Å². The summed E-state index contributed by atoms with van der Waals surface area (Å²) in [6.45, 7) is 3.93. The normalized spacial score (nSPS) is 25.1. The summed E-state index contributed by atoms with van der Waals surface area (Å²) in [5.74, 6) is 0. The smallest absolute Gasteiger partial charge is 0.111 e. The van der Waals surface area contributed by atoms with E-state index in [1.54, 1.807) is 0 Å². The predicted octanol–water partition coefficient (Wildman–Crippen LogP) is 4.66. The minimum absolute atomic E-state index is 0.0606. The monoisotopic (exact) mass is 318 g/mol. The summed E-state index contributed by atoms with van der Waals surface area (Å²) >= 11 is 0. The Kier molecular flexibility index (Phi) is 6.49. The molecule has 4 unspecified atom stereocenters. The van der Waals surface area contributed by atoms with Crippen molar-refractivity contribution in [3.8, 4) is 0 Å². The average Bonchev–Trinajstić information content (AvgIpc) is 3.47. The fourth-order valence-corrected chi connectivity index (χ4v) is 3.18. The summed E-state index contributed by atoms with van der Waals surface area (Å²) < 4.78 is 17.5. The molecule has 2 aliphatic heterocycles. The van der Waals surface area contributed by atoms with Crippen molar-refractivity contribution >= 4 is 0 Å². The van der Waals surface area contributed by atoms with Gasteiger partial charge in [0.1, 0.15) is 18.3 Å². The van der Waals surface area contributed by atoms with Crippen LogP contribution < -0.4 is 0 Å². The van der Waals surface area contributed by atoms with Gasteiger partial charge >= 0.3 is 0 Å². The highest BCUT2D eigenvalue weighted by molar-refractivity contribution is 5.20. The molecule has 0 bridgehead atoms. The average molecular weight is 318 g/mol. The molecule has 2 aliphatic rings. The van der Waals surface area contributed by atoms with E-state index in [1.807, 2.05) is 6.07 Å². The Balaban J connectivity index is 1.48. The molecule has 2 heterocycles. The number of ether oxygens (including phenoxy) is 3. The number of hydrogen-bond donors (Lipinski definition) is 0. The Bertz CT molecular complexity index is 439. The first-order valence-corrected chi connectivity index (χ1v) is 9.32. The van der Waals surface area contributed by atoms with Crippen LogP contribution in [0.2, 0.25) is 0 Å². The van der Waals surface area contributed by atoms with Crippen molar-refractivity contribution in [2.24, 2.45) is 0 Å². The van der Waals surface area contributed by atoms with E-state index < -0.39 is 0 Å². The number of epoxide rings is 2. The molecule has 0 spiro atoms. The summed E-state index contributed by atoms with van der Waals surface area (Å²) in [7, 11) is 0. The zero-order valence-corrected chi connectivity index (χ0v) is 14.3. The molecule has 3 rings (SSSR count). The van der Waals surface area contributed by atoms with Crippen LogP contribution in [0.25, 0.3) is 0 Å². The summed E-state index contributed by atoms with van der Waals surface area (Å²) in [4.78, 5) is 0. The zero-order chi connectivity index (χ0) is 15.9. The SMILES string of the molecule is CCCCCCCCC(OC(c1ccccc1)C1CO1)C1CO1. The van der Waals surface area contributed by atoms with E-state index in [-0.39, 0.29) is 18.3 Å². The lowest BCUT2D eigenvalue weighted by Gasteiger charge is -2.23. The topological polar surface area (TPSA) is 34.3 Å². The first kappa shape index (κ1) is 16.9. The molecule has 128 valence electrons.